The fourth-order valence-corrected chi connectivity index (χ4v) is 2.95. The van der Waals surface area contributed by atoms with Gasteiger partial charge in [-0.1, -0.05) is 52.5 Å². The largest absolute Gasteiger partial charge is 0.364 e. The molecule has 0 spiro atoms. The van der Waals surface area contributed by atoms with Crippen molar-refractivity contribution in [1.82, 2.24) is 4.98 Å². The molecule has 0 aliphatic carbocycles. The molecule has 10 heteroatoms. The van der Waals surface area contributed by atoms with Crippen molar-refractivity contribution in [3.05, 3.63) is 93.5 Å². The van der Waals surface area contributed by atoms with Crippen molar-refractivity contribution in [2.75, 3.05) is 0 Å². The second kappa shape index (κ2) is 17.6. The van der Waals surface area contributed by atoms with Crippen LogP contribution in [0.1, 0.15) is 5.56 Å². The molecule has 0 amide bonds. The van der Waals surface area contributed by atoms with Crippen LogP contribution >= 0.6 is 71.2 Å². The predicted molar refractivity (Wildman–Crippen MR) is 137 cm³/mol. The first-order chi connectivity index (χ1) is 13.5. The fourth-order valence-electron chi connectivity index (χ4n) is 2.04. The predicted octanol–water partition coefficient (Wildman–Crippen LogP) is 8.70. The van der Waals surface area contributed by atoms with E-state index in [1.807, 2.05) is 24.5 Å². The van der Waals surface area contributed by atoms with Crippen molar-refractivity contribution in [2.24, 2.45) is 9.98 Å². The van der Waals surface area contributed by atoms with E-state index in [0.29, 0.717) is 25.8 Å². The van der Waals surface area contributed by atoms with E-state index in [1.165, 1.54) is 6.21 Å². The number of hydrogen-bond acceptors (Lipinski definition) is 3. The van der Waals surface area contributed by atoms with E-state index in [2.05, 4.69) is 21.9 Å². The second-order valence-electron chi connectivity index (χ2n) is 5.38. The summed E-state index contributed by atoms with van der Waals surface area (Å²) in [7, 11) is 0. The molecule has 0 N–H and O–H groups in total. The van der Waals surface area contributed by atoms with Gasteiger partial charge in [0.1, 0.15) is 0 Å². The fraction of sp³-hybridized carbons (Fsp3) is 0.0476. The smallest absolute Gasteiger partial charge is 0.0813 e. The van der Waals surface area contributed by atoms with Crippen LogP contribution in [0.5, 0.6) is 0 Å². The molecule has 0 saturated carbocycles. The molecule has 0 bridgehead atoms. The van der Waals surface area contributed by atoms with Gasteiger partial charge in [0.2, 0.25) is 0 Å². The number of aromatic nitrogens is 1. The molecule has 1 heterocycles. The summed E-state index contributed by atoms with van der Waals surface area (Å²) in [6.45, 7) is 3.46. The van der Waals surface area contributed by atoms with Crippen molar-refractivity contribution >= 4 is 95.0 Å². The van der Waals surface area contributed by atoms with E-state index in [-0.39, 0.29) is 41.9 Å². The van der Waals surface area contributed by atoms with Crippen LogP contribution < -0.4 is 0 Å². The Labute approximate surface area is 225 Å². The first kappa shape index (κ1) is 32.2. The van der Waals surface area contributed by atoms with Gasteiger partial charge in [-0.2, -0.15) is 0 Å². The van der Waals surface area contributed by atoms with Crippen LogP contribution in [0, 0.1) is 6.92 Å². The Balaban J connectivity index is 0. The molecule has 0 aliphatic rings. The Hall–Kier alpha value is -0.941. The van der Waals surface area contributed by atoms with Gasteiger partial charge >= 0.3 is 0 Å². The minimum absolute atomic E-state index is 0. The molecule has 0 aliphatic heterocycles. The van der Waals surface area contributed by atoms with Gasteiger partial charge in [0, 0.05) is 52.1 Å². The molecule has 1 aromatic heterocycles. The summed E-state index contributed by atoms with van der Waals surface area (Å²) in [5, 5.41) is 2.32. The first-order valence-electron chi connectivity index (χ1n) is 8.13. The number of rotatable bonds is 4. The number of pyridine rings is 1. The maximum Gasteiger partial charge on any atom is 0.0813 e. The SMILES string of the molecule is Cl.Cl.Clc1ccc(N=CCc2cccnc2)c(Cl)c1.[CH2-]C=Nc1ccc(Cl)cc1Cl.[Fe]. The minimum Gasteiger partial charge on any atom is -0.364 e. The summed E-state index contributed by atoms with van der Waals surface area (Å²) in [6.07, 6.45) is 7.54. The second-order valence-corrected chi connectivity index (χ2v) is 7.07. The average molecular weight is 581 g/mol. The van der Waals surface area contributed by atoms with Crippen molar-refractivity contribution < 1.29 is 17.1 Å². The summed E-state index contributed by atoms with van der Waals surface area (Å²) in [4.78, 5) is 12.3. The van der Waals surface area contributed by atoms with Crippen LogP contribution in [-0.2, 0) is 23.5 Å². The summed E-state index contributed by atoms with van der Waals surface area (Å²) in [5.41, 5.74) is 2.52. The van der Waals surface area contributed by atoms with Crippen LogP contribution in [0.25, 0.3) is 0 Å². The maximum absolute atomic E-state index is 6.00. The molecular weight excluding hydrogens is 563 g/mol. The van der Waals surface area contributed by atoms with Gasteiger partial charge < -0.3 is 6.92 Å². The zero-order valence-corrected chi connectivity index (χ0v) is 21.6. The maximum atomic E-state index is 6.00. The Morgan fingerprint density at radius 1 is 0.839 bits per heavy atom. The van der Waals surface area contributed by atoms with Gasteiger partial charge in [-0.15, -0.1) is 31.0 Å². The van der Waals surface area contributed by atoms with Crippen LogP contribution in [0.4, 0.5) is 11.4 Å². The number of hydrogen-bond donors (Lipinski definition) is 0. The first-order valence-corrected chi connectivity index (χ1v) is 9.64. The van der Waals surface area contributed by atoms with E-state index in [9.17, 15) is 0 Å². The molecular formula is C21H18Cl6FeN3-. The van der Waals surface area contributed by atoms with Gasteiger partial charge in [-0.25, -0.2) is 0 Å². The number of aliphatic imine (C=N–C) groups is 2. The van der Waals surface area contributed by atoms with Crippen molar-refractivity contribution in [1.29, 1.82) is 0 Å². The van der Waals surface area contributed by atoms with Gasteiger partial charge in [0.15, 0.2) is 0 Å². The average Bonchev–Trinajstić information content (AvgIpc) is 2.67. The van der Waals surface area contributed by atoms with E-state index in [0.717, 1.165) is 17.7 Å². The van der Waals surface area contributed by atoms with Crippen LogP contribution in [0.15, 0.2) is 70.9 Å². The van der Waals surface area contributed by atoms with Gasteiger partial charge in [-0.3, -0.25) is 15.0 Å². The Morgan fingerprint density at radius 2 is 1.39 bits per heavy atom. The van der Waals surface area contributed by atoms with Crippen molar-refractivity contribution in [3.63, 3.8) is 0 Å². The van der Waals surface area contributed by atoms with Crippen molar-refractivity contribution in [3.8, 4) is 0 Å². The summed E-state index contributed by atoms with van der Waals surface area (Å²) < 4.78 is 0. The third kappa shape index (κ3) is 12.0. The molecule has 31 heavy (non-hydrogen) atoms. The normalized spacial score (nSPS) is 9.81. The molecule has 3 aromatic rings. The zero-order valence-electron chi connectivity index (χ0n) is 15.9. The third-order valence-electron chi connectivity index (χ3n) is 3.33. The Kier molecular flexibility index (Phi) is 18.3. The Bertz CT molecular complexity index is 969. The third-order valence-corrected chi connectivity index (χ3v) is 4.41. The molecule has 0 atom stereocenters. The van der Waals surface area contributed by atoms with Crippen LogP contribution in [0.3, 0.4) is 0 Å². The van der Waals surface area contributed by atoms with E-state index in [1.54, 1.807) is 42.6 Å². The van der Waals surface area contributed by atoms with E-state index < -0.39 is 0 Å². The van der Waals surface area contributed by atoms with Gasteiger partial charge in [0.25, 0.3) is 0 Å². The molecule has 3 nitrogen and oxygen atoms in total. The molecule has 3 rings (SSSR count). The molecule has 168 valence electrons. The number of benzene rings is 2. The molecule has 0 fully saturated rings. The quantitative estimate of drug-likeness (QED) is 0.173. The minimum atomic E-state index is 0. The topological polar surface area (TPSA) is 37.6 Å². The monoisotopic (exact) mass is 578 g/mol. The zero-order chi connectivity index (χ0) is 20.4. The number of nitrogens with zero attached hydrogens (tertiary/aromatic N) is 3. The summed E-state index contributed by atoms with van der Waals surface area (Å²) >= 11 is 23.3. The molecule has 0 radical (unpaired) electrons. The van der Waals surface area contributed by atoms with E-state index >= 15 is 0 Å². The molecule has 0 unspecified atom stereocenters. The van der Waals surface area contributed by atoms with E-state index in [4.69, 9.17) is 46.4 Å². The van der Waals surface area contributed by atoms with Crippen LogP contribution in [0.2, 0.25) is 20.1 Å². The number of halogens is 6. The Morgan fingerprint density at radius 3 is 1.84 bits per heavy atom. The van der Waals surface area contributed by atoms with Gasteiger partial charge in [-0.05, 0) is 48.0 Å². The van der Waals surface area contributed by atoms with Gasteiger partial charge in [0.05, 0.1) is 21.4 Å². The summed E-state index contributed by atoms with van der Waals surface area (Å²) in [6, 6.07) is 14.3. The molecule has 0 saturated heterocycles. The van der Waals surface area contributed by atoms with Crippen LogP contribution in [-0.4, -0.2) is 17.4 Å². The standard InChI is InChI=1S/C13H10Cl2N2.C8H6Cl2N.2ClH.Fe/c14-11-3-4-13(12(15)8-11)17-7-5-10-2-1-6-16-9-10;1-2-11-8-4-3-6(9)5-7(8)10;;;/h1-4,6-9H,5H2;2-5H,1H2;2*1H;/q;-1;;;. The molecule has 2 aromatic carbocycles. The van der Waals surface area contributed by atoms with Crippen molar-refractivity contribution in [2.45, 2.75) is 6.42 Å². The summed E-state index contributed by atoms with van der Waals surface area (Å²) in [5.74, 6) is 0.